The third-order valence-electron chi connectivity index (χ3n) is 5.94. The first-order valence-electron chi connectivity index (χ1n) is 9.21. The quantitative estimate of drug-likeness (QED) is 0.633. The third-order valence-corrected chi connectivity index (χ3v) is 6.19. The number of allylic oxidation sites excluding steroid dienone is 1. The summed E-state index contributed by atoms with van der Waals surface area (Å²) in [5.41, 5.74) is 5.57. The smallest absolute Gasteiger partial charge is 0.400 e. The highest BCUT2D eigenvalue weighted by Crippen LogP contribution is 2.44. The molecule has 1 saturated heterocycles. The maximum Gasteiger partial charge on any atom is 0.491 e. The molecule has 1 heterocycles. The molecule has 0 saturated carbocycles. The normalized spacial score (nSPS) is 21.0. The van der Waals surface area contributed by atoms with E-state index in [9.17, 15) is 0 Å². The predicted molar refractivity (Wildman–Crippen MR) is 108 cm³/mol. The summed E-state index contributed by atoms with van der Waals surface area (Å²) in [6, 6.07) is 16.7. The fourth-order valence-electron chi connectivity index (χ4n) is 3.73. The van der Waals surface area contributed by atoms with Gasteiger partial charge in [-0.1, -0.05) is 48.0 Å². The van der Waals surface area contributed by atoms with Gasteiger partial charge in [-0.25, -0.2) is 0 Å². The molecule has 0 bridgehead atoms. The Hall–Kier alpha value is -1.55. The van der Waals surface area contributed by atoms with Gasteiger partial charge in [-0.3, -0.25) is 0 Å². The number of rotatable bonds is 2. The second-order valence-electron chi connectivity index (χ2n) is 8.15. The van der Waals surface area contributed by atoms with Crippen LogP contribution in [0, 0.1) is 0 Å². The minimum Gasteiger partial charge on any atom is -0.400 e. The Balaban J connectivity index is 1.87. The number of hydrogen-bond acceptors (Lipinski definition) is 2. The van der Waals surface area contributed by atoms with Gasteiger partial charge in [0.25, 0.3) is 0 Å². The lowest BCUT2D eigenvalue weighted by molar-refractivity contribution is 0.00578. The summed E-state index contributed by atoms with van der Waals surface area (Å²) in [4.78, 5) is 0. The van der Waals surface area contributed by atoms with E-state index >= 15 is 0 Å². The zero-order valence-electron chi connectivity index (χ0n) is 15.8. The minimum atomic E-state index is -0.341. The lowest BCUT2D eigenvalue weighted by Crippen LogP contribution is -2.41. The first-order valence-corrected chi connectivity index (χ1v) is 9.59. The number of fused-ring (bicyclic) bond motifs is 1. The second-order valence-corrected chi connectivity index (χ2v) is 8.59. The highest BCUT2D eigenvalue weighted by molar-refractivity contribution is 6.56. The largest absolute Gasteiger partial charge is 0.491 e. The van der Waals surface area contributed by atoms with Gasteiger partial charge in [0.05, 0.1) is 11.2 Å². The molecule has 4 heteroatoms. The number of benzene rings is 2. The van der Waals surface area contributed by atoms with Crippen LogP contribution in [0.4, 0.5) is 0 Å². The van der Waals surface area contributed by atoms with E-state index in [1.165, 1.54) is 22.2 Å². The molecular formula is C22H24BClO2. The van der Waals surface area contributed by atoms with E-state index in [-0.39, 0.29) is 18.3 Å². The number of hydrogen-bond donors (Lipinski definition) is 0. The van der Waals surface area contributed by atoms with Crippen molar-refractivity contribution in [1.82, 2.24) is 0 Å². The van der Waals surface area contributed by atoms with E-state index < -0.39 is 0 Å². The molecule has 0 atom stereocenters. The van der Waals surface area contributed by atoms with Crippen LogP contribution in [0.3, 0.4) is 0 Å². The Labute approximate surface area is 161 Å². The van der Waals surface area contributed by atoms with Crippen molar-refractivity contribution in [2.45, 2.75) is 51.7 Å². The van der Waals surface area contributed by atoms with Crippen molar-refractivity contribution in [3.63, 3.8) is 0 Å². The van der Waals surface area contributed by atoms with Gasteiger partial charge in [0.15, 0.2) is 0 Å². The molecule has 1 fully saturated rings. The second kappa shape index (κ2) is 6.26. The van der Waals surface area contributed by atoms with Gasteiger partial charge >= 0.3 is 7.12 Å². The summed E-state index contributed by atoms with van der Waals surface area (Å²) in [6.45, 7) is 8.41. The molecule has 0 N–H and O–H groups in total. The Morgan fingerprint density at radius 2 is 1.46 bits per heavy atom. The van der Waals surface area contributed by atoms with Crippen molar-refractivity contribution in [3.8, 4) is 0 Å². The maximum atomic E-state index is 6.39. The van der Waals surface area contributed by atoms with Crippen LogP contribution < -0.4 is 0 Å². The van der Waals surface area contributed by atoms with E-state index in [1.807, 2.05) is 12.1 Å². The Morgan fingerprint density at radius 1 is 0.846 bits per heavy atom. The molecule has 2 aromatic rings. The Morgan fingerprint density at radius 3 is 2.12 bits per heavy atom. The number of halogens is 1. The van der Waals surface area contributed by atoms with Gasteiger partial charge < -0.3 is 9.31 Å². The van der Waals surface area contributed by atoms with Gasteiger partial charge in [-0.05, 0) is 80.4 Å². The van der Waals surface area contributed by atoms with E-state index in [1.54, 1.807) is 0 Å². The van der Waals surface area contributed by atoms with E-state index in [4.69, 9.17) is 20.9 Å². The van der Waals surface area contributed by atoms with Crippen LogP contribution in [0.1, 0.15) is 50.8 Å². The first-order chi connectivity index (χ1) is 12.3. The summed E-state index contributed by atoms with van der Waals surface area (Å²) in [5.74, 6) is 0. The molecule has 2 aliphatic rings. The summed E-state index contributed by atoms with van der Waals surface area (Å²) >= 11 is 6.12. The fourth-order valence-corrected chi connectivity index (χ4v) is 3.85. The highest BCUT2D eigenvalue weighted by Gasteiger charge is 2.53. The maximum absolute atomic E-state index is 6.39. The molecular weight excluding hydrogens is 343 g/mol. The van der Waals surface area contributed by atoms with Gasteiger partial charge in [0.1, 0.15) is 0 Å². The van der Waals surface area contributed by atoms with Crippen LogP contribution in [0.2, 0.25) is 5.02 Å². The summed E-state index contributed by atoms with van der Waals surface area (Å²) in [7, 11) is -0.320. The molecule has 134 valence electrons. The summed E-state index contributed by atoms with van der Waals surface area (Å²) in [5, 5.41) is 0.746. The fraction of sp³-hybridized carbons (Fsp3) is 0.364. The van der Waals surface area contributed by atoms with Gasteiger partial charge in [-0.15, -0.1) is 0 Å². The first kappa shape index (κ1) is 17.8. The highest BCUT2D eigenvalue weighted by atomic mass is 35.5. The topological polar surface area (TPSA) is 18.5 Å². The molecule has 1 aliphatic carbocycles. The molecule has 2 nitrogen and oxygen atoms in total. The molecule has 0 spiro atoms. The predicted octanol–water partition coefficient (Wildman–Crippen LogP) is 5.72. The van der Waals surface area contributed by atoms with Crippen LogP contribution >= 0.6 is 11.6 Å². The van der Waals surface area contributed by atoms with E-state index in [2.05, 4.69) is 64.1 Å². The molecule has 2 aromatic carbocycles. The summed E-state index contributed by atoms with van der Waals surface area (Å²) in [6.07, 6.45) is 1.94. The van der Waals surface area contributed by atoms with Crippen LogP contribution in [0.15, 0.2) is 54.0 Å². The van der Waals surface area contributed by atoms with Crippen molar-refractivity contribution in [2.75, 3.05) is 0 Å². The minimum absolute atomic E-state index is 0.320. The molecule has 0 unspecified atom stereocenters. The molecule has 26 heavy (non-hydrogen) atoms. The van der Waals surface area contributed by atoms with Crippen LogP contribution in [-0.2, 0) is 15.7 Å². The molecule has 0 aromatic heterocycles. The Kier molecular flexibility index (Phi) is 4.30. The Bertz CT molecular complexity index is 852. The average molecular weight is 367 g/mol. The van der Waals surface area contributed by atoms with Crippen molar-refractivity contribution in [3.05, 3.63) is 75.7 Å². The molecule has 4 rings (SSSR count). The van der Waals surface area contributed by atoms with Crippen LogP contribution in [0.25, 0.3) is 5.57 Å². The SMILES string of the molecule is CC1(C)OB(C2=C(c3ccc(Cl)cc3)c3ccccc3CC2)OC1(C)C. The third kappa shape index (κ3) is 2.92. The van der Waals surface area contributed by atoms with Crippen LogP contribution in [0.5, 0.6) is 0 Å². The van der Waals surface area contributed by atoms with Crippen molar-refractivity contribution >= 4 is 24.3 Å². The molecule has 0 radical (unpaired) electrons. The monoisotopic (exact) mass is 366 g/mol. The van der Waals surface area contributed by atoms with Crippen molar-refractivity contribution in [2.24, 2.45) is 0 Å². The molecule has 1 aliphatic heterocycles. The standard InChI is InChI=1S/C22H24BClO2/c1-21(2)22(3,4)26-23(25-21)19-14-11-15-7-5-6-8-18(15)20(19)16-9-12-17(24)13-10-16/h5-10,12-13H,11,14H2,1-4H3. The number of aryl methyl sites for hydroxylation is 1. The zero-order chi connectivity index (χ0) is 18.5. The summed E-state index contributed by atoms with van der Waals surface area (Å²) < 4.78 is 12.8. The van der Waals surface area contributed by atoms with Crippen molar-refractivity contribution < 1.29 is 9.31 Å². The van der Waals surface area contributed by atoms with Gasteiger partial charge in [-0.2, -0.15) is 0 Å². The van der Waals surface area contributed by atoms with E-state index in [0.29, 0.717) is 0 Å². The van der Waals surface area contributed by atoms with Crippen molar-refractivity contribution in [1.29, 1.82) is 0 Å². The van der Waals surface area contributed by atoms with Gasteiger partial charge in [0.2, 0.25) is 0 Å². The van der Waals surface area contributed by atoms with Gasteiger partial charge in [0, 0.05) is 5.02 Å². The average Bonchev–Trinajstić information content (AvgIpc) is 2.82. The zero-order valence-corrected chi connectivity index (χ0v) is 16.6. The molecule has 0 amide bonds. The van der Waals surface area contributed by atoms with E-state index in [0.717, 1.165) is 23.4 Å². The lowest BCUT2D eigenvalue weighted by atomic mass is 9.66. The lowest BCUT2D eigenvalue weighted by Gasteiger charge is -2.32. The van der Waals surface area contributed by atoms with Crippen LogP contribution in [-0.4, -0.2) is 18.3 Å².